The molecule has 156 valence electrons. The molecule has 0 spiro atoms. The first-order valence-electron chi connectivity index (χ1n) is 9.12. The van der Waals surface area contributed by atoms with E-state index in [-0.39, 0.29) is 27.1 Å². The predicted molar refractivity (Wildman–Crippen MR) is 113 cm³/mol. The van der Waals surface area contributed by atoms with Gasteiger partial charge in [-0.1, -0.05) is 41.4 Å². The third kappa shape index (κ3) is 4.23. The molecule has 2 N–H and O–H groups in total. The smallest absolute Gasteiger partial charge is 0.296 e. The van der Waals surface area contributed by atoms with Crippen molar-refractivity contribution in [1.82, 2.24) is 4.40 Å². The molecule has 9 heteroatoms. The molecule has 0 radical (unpaired) electrons. The highest BCUT2D eigenvalue weighted by atomic mass is 35.5. The number of hydrogen-bond acceptors (Lipinski definition) is 3. The van der Waals surface area contributed by atoms with Crippen LogP contribution >= 0.6 is 23.2 Å². The minimum atomic E-state index is -0.927. The minimum Gasteiger partial charge on any atom is -0.320 e. The molecule has 0 saturated carbocycles. The number of carbonyl (C=O) groups is 2. The van der Waals surface area contributed by atoms with Crippen molar-refractivity contribution in [2.45, 2.75) is 6.42 Å². The van der Waals surface area contributed by atoms with Gasteiger partial charge in [-0.3, -0.25) is 14.8 Å². The Balaban J connectivity index is 1.67. The Labute approximate surface area is 186 Å². The van der Waals surface area contributed by atoms with Gasteiger partial charge in [-0.25, -0.2) is 4.39 Å². The van der Waals surface area contributed by atoms with Crippen molar-refractivity contribution in [2.24, 2.45) is 0 Å². The standard InChI is InChI=1S/C22H14Cl2FN3O3/c23-17-11-27(31)12-18(24)20(17)26-22(30)21(29)16-10-15(28-8-2-1-3-19(16)28)9-13-4-6-14(25)7-5-13/h1-8,10-12,31H,9H2/p+1. The zero-order chi connectivity index (χ0) is 22.1. The van der Waals surface area contributed by atoms with Crippen LogP contribution in [0.15, 0.2) is 67.1 Å². The normalized spacial score (nSPS) is 10.9. The molecule has 0 bridgehead atoms. The van der Waals surface area contributed by atoms with Gasteiger partial charge in [0.1, 0.15) is 15.9 Å². The summed E-state index contributed by atoms with van der Waals surface area (Å²) in [6.45, 7) is 0. The lowest BCUT2D eigenvalue weighted by Crippen LogP contribution is -2.30. The lowest BCUT2D eigenvalue weighted by atomic mass is 10.1. The van der Waals surface area contributed by atoms with Gasteiger partial charge in [0.05, 0.1) is 16.8 Å². The number of carbonyl (C=O) groups excluding carboxylic acids is 2. The fraction of sp³-hybridized carbons (Fsp3) is 0.0455. The summed E-state index contributed by atoms with van der Waals surface area (Å²) < 4.78 is 15.7. The van der Waals surface area contributed by atoms with Crippen LogP contribution in [0.2, 0.25) is 10.0 Å². The number of benzene rings is 1. The van der Waals surface area contributed by atoms with E-state index in [0.717, 1.165) is 23.7 Å². The third-order valence-electron chi connectivity index (χ3n) is 4.71. The van der Waals surface area contributed by atoms with E-state index in [2.05, 4.69) is 5.32 Å². The highest BCUT2D eigenvalue weighted by molar-refractivity contribution is 6.49. The van der Waals surface area contributed by atoms with E-state index in [1.807, 2.05) is 6.07 Å². The molecule has 0 aliphatic rings. The number of nitrogens with zero attached hydrogens (tertiary/aromatic N) is 2. The molecule has 0 aliphatic carbocycles. The Morgan fingerprint density at radius 2 is 1.74 bits per heavy atom. The van der Waals surface area contributed by atoms with Crippen molar-refractivity contribution in [1.29, 1.82) is 0 Å². The van der Waals surface area contributed by atoms with Gasteiger partial charge in [0.2, 0.25) is 12.4 Å². The van der Waals surface area contributed by atoms with Crippen LogP contribution in [0.4, 0.5) is 10.1 Å². The average Bonchev–Trinajstić information content (AvgIpc) is 3.10. The molecule has 31 heavy (non-hydrogen) atoms. The highest BCUT2D eigenvalue weighted by Crippen LogP contribution is 2.28. The number of anilines is 1. The van der Waals surface area contributed by atoms with Crippen molar-refractivity contribution in [3.05, 3.63) is 99.8 Å². The number of Topliss-reactive ketones (excluding diaryl/α,β-unsaturated/α-hetero) is 1. The van der Waals surface area contributed by atoms with Gasteiger partial charge in [-0.05, 0) is 35.9 Å². The Hall–Kier alpha value is -3.42. The van der Waals surface area contributed by atoms with Gasteiger partial charge >= 0.3 is 0 Å². The fourth-order valence-electron chi connectivity index (χ4n) is 3.28. The van der Waals surface area contributed by atoms with Crippen molar-refractivity contribution in [2.75, 3.05) is 5.32 Å². The van der Waals surface area contributed by atoms with Crippen LogP contribution in [0.1, 0.15) is 21.6 Å². The molecule has 6 nitrogen and oxygen atoms in total. The molecular formula is C22H15Cl2FN3O3+. The molecule has 0 atom stereocenters. The van der Waals surface area contributed by atoms with Gasteiger partial charge in [-0.15, -0.1) is 0 Å². The second-order valence-corrected chi connectivity index (χ2v) is 7.62. The lowest BCUT2D eigenvalue weighted by Gasteiger charge is -2.06. The number of rotatable bonds is 5. The fourth-order valence-corrected chi connectivity index (χ4v) is 3.82. The molecule has 3 heterocycles. The van der Waals surface area contributed by atoms with Crippen LogP contribution in [-0.4, -0.2) is 21.3 Å². The van der Waals surface area contributed by atoms with Crippen LogP contribution in [0, 0.1) is 5.82 Å². The van der Waals surface area contributed by atoms with Gasteiger partial charge < -0.3 is 9.72 Å². The van der Waals surface area contributed by atoms with Crippen LogP contribution in [0.25, 0.3) is 5.52 Å². The van der Waals surface area contributed by atoms with Gasteiger partial charge in [0, 0.05) is 23.0 Å². The van der Waals surface area contributed by atoms with E-state index in [1.165, 1.54) is 12.1 Å². The number of fused-ring (bicyclic) bond motifs is 1. The summed E-state index contributed by atoms with van der Waals surface area (Å²) in [6, 6.07) is 13.0. The SMILES string of the molecule is O=C(Nc1c(Cl)c[n+](O)cc1Cl)C(=O)c1cc(Cc2ccc(F)cc2)n2ccccc12. The van der Waals surface area contributed by atoms with Gasteiger partial charge in [0.25, 0.3) is 11.7 Å². The summed E-state index contributed by atoms with van der Waals surface area (Å²) >= 11 is 12.0. The van der Waals surface area contributed by atoms with E-state index in [0.29, 0.717) is 16.7 Å². The van der Waals surface area contributed by atoms with E-state index in [9.17, 15) is 19.2 Å². The van der Waals surface area contributed by atoms with Crippen LogP contribution in [-0.2, 0) is 11.2 Å². The van der Waals surface area contributed by atoms with Crippen molar-refractivity contribution in [3.8, 4) is 0 Å². The zero-order valence-electron chi connectivity index (χ0n) is 15.8. The summed E-state index contributed by atoms with van der Waals surface area (Å²) in [5.74, 6) is -2.03. The summed E-state index contributed by atoms with van der Waals surface area (Å²) in [6.07, 6.45) is 4.48. The van der Waals surface area contributed by atoms with Crippen LogP contribution in [0.3, 0.4) is 0 Å². The number of amides is 1. The molecule has 0 saturated heterocycles. The van der Waals surface area contributed by atoms with Crippen molar-refractivity contribution >= 4 is 46.1 Å². The minimum absolute atomic E-state index is 0.0158. The second-order valence-electron chi connectivity index (χ2n) is 6.80. The number of hydrogen-bond donors (Lipinski definition) is 2. The highest BCUT2D eigenvalue weighted by Gasteiger charge is 2.24. The molecule has 0 aliphatic heterocycles. The van der Waals surface area contributed by atoms with Gasteiger partial charge in [-0.2, -0.15) is 0 Å². The van der Waals surface area contributed by atoms with E-state index < -0.39 is 11.7 Å². The Bertz CT molecular complexity index is 1300. The Morgan fingerprint density at radius 3 is 2.42 bits per heavy atom. The number of halogens is 3. The maximum absolute atomic E-state index is 13.2. The third-order valence-corrected chi connectivity index (χ3v) is 5.29. The Morgan fingerprint density at radius 1 is 1.06 bits per heavy atom. The summed E-state index contributed by atoms with van der Waals surface area (Å²) in [4.78, 5) is 25.6. The first kappa shape index (κ1) is 20.8. The monoisotopic (exact) mass is 458 g/mol. The maximum Gasteiger partial charge on any atom is 0.296 e. The van der Waals surface area contributed by atoms with E-state index in [4.69, 9.17) is 23.2 Å². The first-order valence-corrected chi connectivity index (χ1v) is 9.87. The largest absolute Gasteiger partial charge is 0.320 e. The van der Waals surface area contributed by atoms with E-state index >= 15 is 0 Å². The number of aromatic nitrogens is 2. The first-order chi connectivity index (χ1) is 14.8. The molecule has 3 aromatic heterocycles. The predicted octanol–water partition coefficient (Wildman–Crippen LogP) is 4.32. The molecule has 1 aromatic carbocycles. The van der Waals surface area contributed by atoms with E-state index in [1.54, 1.807) is 40.9 Å². The Kier molecular flexibility index (Phi) is 5.63. The summed E-state index contributed by atoms with van der Waals surface area (Å²) in [5.41, 5.74) is 2.39. The molecule has 1 amide bonds. The van der Waals surface area contributed by atoms with Gasteiger partial charge in [0.15, 0.2) is 0 Å². The quantitative estimate of drug-likeness (QED) is 0.202. The average molecular weight is 459 g/mol. The summed E-state index contributed by atoms with van der Waals surface area (Å²) in [5, 5.41) is 11.8. The molecule has 4 aromatic rings. The van der Waals surface area contributed by atoms with Crippen LogP contribution < -0.4 is 10.0 Å². The molecule has 4 rings (SSSR count). The van der Waals surface area contributed by atoms with Crippen LogP contribution in [0.5, 0.6) is 0 Å². The molecule has 0 unspecified atom stereocenters. The number of nitrogens with one attached hydrogen (secondary N) is 1. The number of pyridine rings is 2. The maximum atomic E-state index is 13.2. The second kappa shape index (κ2) is 8.37. The number of ketones is 1. The lowest BCUT2D eigenvalue weighted by molar-refractivity contribution is -0.904. The zero-order valence-corrected chi connectivity index (χ0v) is 17.4. The van der Waals surface area contributed by atoms with Crippen molar-refractivity contribution < 1.29 is 23.9 Å². The summed E-state index contributed by atoms with van der Waals surface area (Å²) in [7, 11) is 0. The molecular weight excluding hydrogens is 444 g/mol. The van der Waals surface area contributed by atoms with Crippen molar-refractivity contribution in [3.63, 3.8) is 0 Å². The topological polar surface area (TPSA) is 74.7 Å². The molecule has 0 fully saturated rings.